The largest absolute Gasteiger partial charge is 0.573 e. The maximum absolute atomic E-state index is 12.1. The van der Waals surface area contributed by atoms with Crippen molar-refractivity contribution >= 4 is 15.7 Å². The minimum absolute atomic E-state index is 0.0158. The Balaban J connectivity index is 1.95. The molecule has 5 nitrogen and oxygen atoms in total. The molecule has 0 aliphatic rings. The van der Waals surface area contributed by atoms with Crippen LogP contribution >= 0.6 is 0 Å². The zero-order valence-electron chi connectivity index (χ0n) is 14.6. The molecule has 2 aromatic rings. The molecule has 27 heavy (non-hydrogen) atoms. The minimum Gasteiger partial charge on any atom is -0.406 e. The van der Waals surface area contributed by atoms with E-state index in [1.807, 2.05) is 0 Å². The topological polar surface area (TPSA) is 72.5 Å². The van der Waals surface area contributed by atoms with E-state index in [1.54, 1.807) is 19.1 Å². The van der Waals surface area contributed by atoms with Crippen LogP contribution in [0, 0.1) is 0 Å². The summed E-state index contributed by atoms with van der Waals surface area (Å²) in [4.78, 5) is 12.3. The first-order valence-electron chi connectivity index (χ1n) is 7.88. The molecule has 0 radical (unpaired) electrons. The van der Waals surface area contributed by atoms with Gasteiger partial charge in [-0.3, -0.25) is 4.79 Å². The number of halogens is 3. The van der Waals surface area contributed by atoms with Crippen molar-refractivity contribution in [2.45, 2.75) is 30.6 Å². The number of nitrogens with one attached hydrogen (secondary N) is 1. The third-order valence-electron chi connectivity index (χ3n) is 3.71. The highest BCUT2D eigenvalue weighted by molar-refractivity contribution is 7.90. The lowest BCUT2D eigenvalue weighted by molar-refractivity contribution is -0.274. The lowest BCUT2D eigenvalue weighted by atomic mass is 10.1. The Morgan fingerprint density at radius 2 is 1.63 bits per heavy atom. The van der Waals surface area contributed by atoms with Crippen molar-refractivity contribution in [1.29, 1.82) is 0 Å². The molecule has 0 aliphatic heterocycles. The number of amides is 1. The molecule has 9 heteroatoms. The first-order valence-corrected chi connectivity index (χ1v) is 9.77. The van der Waals surface area contributed by atoms with E-state index in [-0.39, 0.29) is 29.0 Å². The molecule has 0 heterocycles. The van der Waals surface area contributed by atoms with Gasteiger partial charge in [0.2, 0.25) is 5.91 Å². The molecule has 0 aromatic heterocycles. The zero-order chi connectivity index (χ0) is 20.2. The van der Waals surface area contributed by atoms with Crippen LogP contribution in [0.2, 0.25) is 0 Å². The Morgan fingerprint density at radius 3 is 2.11 bits per heavy atom. The quantitative estimate of drug-likeness (QED) is 0.805. The summed E-state index contributed by atoms with van der Waals surface area (Å²) < 4.78 is 63.1. The van der Waals surface area contributed by atoms with Gasteiger partial charge in [-0.1, -0.05) is 24.3 Å². The molecule has 1 N–H and O–H groups in total. The van der Waals surface area contributed by atoms with Crippen molar-refractivity contribution in [3.05, 3.63) is 59.7 Å². The highest BCUT2D eigenvalue weighted by Crippen LogP contribution is 2.23. The molecular formula is C18H18F3NO4S. The molecule has 0 aliphatic carbocycles. The molecule has 1 amide bonds. The van der Waals surface area contributed by atoms with Crippen LogP contribution in [0.1, 0.15) is 24.1 Å². The maximum atomic E-state index is 12.1. The summed E-state index contributed by atoms with van der Waals surface area (Å²) in [5.41, 5.74) is 1.26. The Morgan fingerprint density at radius 1 is 1.07 bits per heavy atom. The van der Waals surface area contributed by atoms with Gasteiger partial charge < -0.3 is 10.1 Å². The summed E-state index contributed by atoms with van der Waals surface area (Å²) in [5, 5.41) is 2.76. The van der Waals surface area contributed by atoms with Crippen LogP contribution in [0.4, 0.5) is 13.2 Å². The monoisotopic (exact) mass is 401 g/mol. The number of carbonyl (C=O) groups is 1. The summed E-state index contributed by atoms with van der Waals surface area (Å²) >= 11 is 0. The van der Waals surface area contributed by atoms with Crippen LogP contribution < -0.4 is 10.1 Å². The third kappa shape index (κ3) is 6.59. The van der Waals surface area contributed by atoms with Gasteiger partial charge in [0.1, 0.15) is 5.75 Å². The number of carbonyl (C=O) groups excluding carboxylic acids is 1. The summed E-state index contributed by atoms with van der Waals surface area (Å²) in [7, 11) is -3.29. The van der Waals surface area contributed by atoms with Crippen LogP contribution in [-0.2, 0) is 21.1 Å². The van der Waals surface area contributed by atoms with Crippen molar-refractivity contribution in [2.24, 2.45) is 0 Å². The number of alkyl halides is 3. The van der Waals surface area contributed by atoms with Crippen LogP contribution in [-0.4, -0.2) is 26.9 Å². The zero-order valence-corrected chi connectivity index (χ0v) is 15.4. The van der Waals surface area contributed by atoms with Gasteiger partial charge in [0, 0.05) is 6.26 Å². The molecule has 2 aromatic carbocycles. The summed E-state index contributed by atoms with van der Waals surface area (Å²) in [6.07, 6.45) is -3.67. The van der Waals surface area contributed by atoms with E-state index in [4.69, 9.17) is 0 Å². The van der Waals surface area contributed by atoms with Crippen LogP contribution in [0.25, 0.3) is 0 Å². The van der Waals surface area contributed by atoms with Crippen molar-refractivity contribution in [2.75, 3.05) is 6.26 Å². The SMILES string of the molecule is CC(NC(=O)Cc1ccc(OC(F)(F)F)cc1)c1ccc(S(C)(=O)=O)cc1. The first-order chi connectivity index (χ1) is 12.4. The van der Waals surface area contributed by atoms with Gasteiger partial charge in [-0.15, -0.1) is 13.2 Å². The van der Waals surface area contributed by atoms with E-state index in [0.717, 1.165) is 24.0 Å². The van der Waals surface area contributed by atoms with Gasteiger partial charge in [-0.05, 0) is 42.3 Å². The lowest BCUT2D eigenvalue weighted by Crippen LogP contribution is -2.28. The van der Waals surface area contributed by atoms with Gasteiger partial charge in [-0.2, -0.15) is 0 Å². The molecule has 0 saturated heterocycles. The number of rotatable bonds is 6. The predicted octanol–water partition coefficient (Wildman–Crippen LogP) is 3.41. The highest BCUT2D eigenvalue weighted by Gasteiger charge is 2.30. The smallest absolute Gasteiger partial charge is 0.406 e. The molecule has 0 saturated carbocycles. The van der Waals surface area contributed by atoms with Crippen molar-refractivity contribution in [3.63, 3.8) is 0 Å². The van der Waals surface area contributed by atoms with Gasteiger partial charge in [-0.25, -0.2) is 8.42 Å². The Kier molecular flexibility index (Phi) is 6.15. The number of sulfone groups is 1. The third-order valence-corrected chi connectivity index (χ3v) is 4.84. The fraction of sp³-hybridized carbons (Fsp3) is 0.278. The minimum atomic E-state index is -4.76. The standard InChI is InChI=1S/C18H18F3NO4S/c1-12(14-5-9-16(10-6-14)27(2,24)25)22-17(23)11-13-3-7-15(8-4-13)26-18(19,20)21/h3-10,12H,11H2,1-2H3,(H,22,23). The number of hydrogen-bond donors (Lipinski definition) is 1. The van der Waals surface area contributed by atoms with E-state index in [1.165, 1.54) is 24.3 Å². The molecule has 1 atom stereocenters. The van der Waals surface area contributed by atoms with Gasteiger partial charge >= 0.3 is 6.36 Å². The van der Waals surface area contributed by atoms with Crippen molar-refractivity contribution < 1.29 is 31.1 Å². The Labute approximate surface area is 155 Å². The predicted molar refractivity (Wildman–Crippen MR) is 92.9 cm³/mol. The van der Waals surface area contributed by atoms with E-state index >= 15 is 0 Å². The molecule has 146 valence electrons. The van der Waals surface area contributed by atoms with Crippen LogP contribution in [0.15, 0.2) is 53.4 Å². The van der Waals surface area contributed by atoms with E-state index in [0.29, 0.717) is 5.56 Å². The van der Waals surface area contributed by atoms with Gasteiger partial charge in [0.15, 0.2) is 9.84 Å². The second kappa shape index (κ2) is 7.99. The summed E-state index contributed by atoms with van der Waals surface area (Å²) in [6, 6.07) is 10.8. The van der Waals surface area contributed by atoms with E-state index in [9.17, 15) is 26.4 Å². The number of hydrogen-bond acceptors (Lipinski definition) is 4. The molecule has 0 fully saturated rings. The van der Waals surface area contributed by atoms with Crippen molar-refractivity contribution in [3.8, 4) is 5.75 Å². The molecule has 2 rings (SSSR count). The fourth-order valence-corrected chi connectivity index (χ4v) is 3.00. The molecule has 0 spiro atoms. The molecule has 0 bridgehead atoms. The van der Waals surface area contributed by atoms with Crippen LogP contribution in [0.5, 0.6) is 5.75 Å². The lowest BCUT2D eigenvalue weighted by Gasteiger charge is -2.15. The average Bonchev–Trinajstić information content (AvgIpc) is 2.54. The second-order valence-corrected chi connectivity index (χ2v) is 8.01. The van der Waals surface area contributed by atoms with Crippen molar-refractivity contribution in [1.82, 2.24) is 5.32 Å². The van der Waals surface area contributed by atoms with Gasteiger partial charge in [0.05, 0.1) is 17.4 Å². The van der Waals surface area contributed by atoms with E-state index in [2.05, 4.69) is 10.1 Å². The maximum Gasteiger partial charge on any atom is 0.573 e. The van der Waals surface area contributed by atoms with Crippen LogP contribution in [0.3, 0.4) is 0 Å². The first kappa shape index (κ1) is 20.8. The number of ether oxygens (including phenoxy) is 1. The normalized spacial score (nSPS) is 13.1. The summed E-state index contributed by atoms with van der Waals surface area (Å²) in [5.74, 6) is -0.676. The summed E-state index contributed by atoms with van der Waals surface area (Å²) in [6.45, 7) is 1.74. The Hall–Kier alpha value is -2.55. The molecular weight excluding hydrogens is 383 g/mol. The molecule has 1 unspecified atom stereocenters. The highest BCUT2D eigenvalue weighted by atomic mass is 32.2. The van der Waals surface area contributed by atoms with E-state index < -0.39 is 16.2 Å². The van der Waals surface area contributed by atoms with Gasteiger partial charge in [0.25, 0.3) is 0 Å². The fourth-order valence-electron chi connectivity index (χ4n) is 2.37. The Bertz CT molecular complexity index is 892. The number of benzene rings is 2. The average molecular weight is 401 g/mol. The second-order valence-electron chi connectivity index (χ2n) is 6.00.